The second-order valence-corrected chi connectivity index (χ2v) is 6.42. The highest BCUT2D eigenvalue weighted by molar-refractivity contribution is 7.11. The molecule has 0 aliphatic carbocycles. The molecule has 0 amide bonds. The highest BCUT2D eigenvalue weighted by atomic mass is 32.1. The molecule has 1 aromatic rings. The predicted molar refractivity (Wildman–Crippen MR) is 79.6 cm³/mol. The summed E-state index contributed by atoms with van der Waals surface area (Å²) in [5, 5.41) is 4.74. The van der Waals surface area contributed by atoms with E-state index in [1.807, 2.05) is 11.3 Å². The maximum absolute atomic E-state index is 5.38. The molecule has 0 radical (unpaired) electrons. The van der Waals surface area contributed by atoms with Gasteiger partial charge in [0.15, 0.2) is 0 Å². The topological polar surface area (TPSA) is 37.4 Å². The number of rotatable bonds is 6. The van der Waals surface area contributed by atoms with E-state index in [4.69, 9.17) is 9.72 Å². The number of ether oxygens (including phenoxy) is 1. The number of nitrogens with zero attached hydrogens (tertiary/aromatic N) is 2. The molecule has 0 aromatic carbocycles. The number of hydrogen-bond donors (Lipinski definition) is 1. The van der Waals surface area contributed by atoms with Gasteiger partial charge in [-0.25, -0.2) is 4.98 Å². The van der Waals surface area contributed by atoms with Crippen molar-refractivity contribution in [3.05, 3.63) is 15.6 Å². The number of nitrogens with one attached hydrogen (secondary N) is 1. The number of morpholine rings is 1. The van der Waals surface area contributed by atoms with Gasteiger partial charge in [0.25, 0.3) is 0 Å². The van der Waals surface area contributed by atoms with Crippen molar-refractivity contribution in [2.24, 2.45) is 0 Å². The molecule has 5 heteroatoms. The SMILES string of the molecule is CCc1nc(CN2CCOCC2)sc1CNC(C)C. The molecule has 2 rings (SSSR count). The van der Waals surface area contributed by atoms with Gasteiger partial charge >= 0.3 is 0 Å². The van der Waals surface area contributed by atoms with Crippen molar-refractivity contribution < 1.29 is 4.74 Å². The first-order chi connectivity index (χ1) is 9.19. The molecule has 0 saturated carbocycles. The van der Waals surface area contributed by atoms with Gasteiger partial charge < -0.3 is 10.1 Å². The third-order valence-electron chi connectivity index (χ3n) is 3.29. The van der Waals surface area contributed by atoms with Gasteiger partial charge in [-0.1, -0.05) is 20.8 Å². The van der Waals surface area contributed by atoms with Gasteiger partial charge in [-0.05, 0) is 6.42 Å². The van der Waals surface area contributed by atoms with Crippen molar-refractivity contribution in [1.82, 2.24) is 15.2 Å². The largest absolute Gasteiger partial charge is 0.379 e. The van der Waals surface area contributed by atoms with Crippen LogP contribution in [0.5, 0.6) is 0 Å². The third-order valence-corrected chi connectivity index (χ3v) is 4.37. The molecular formula is C14H25N3OS. The van der Waals surface area contributed by atoms with E-state index in [9.17, 15) is 0 Å². The zero-order valence-corrected chi connectivity index (χ0v) is 13.1. The monoisotopic (exact) mass is 283 g/mol. The number of aromatic nitrogens is 1. The first-order valence-corrected chi connectivity index (χ1v) is 8.01. The molecule has 0 spiro atoms. The molecular weight excluding hydrogens is 258 g/mol. The average molecular weight is 283 g/mol. The minimum absolute atomic E-state index is 0.523. The fourth-order valence-electron chi connectivity index (χ4n) is 2.17. The predicted octanol–water partition coefficient (Wildman–Crippen LogP) is 2.04. The smallest absolute Gasteiger partial charge is 0.107 e. The molecule has 19 heavy (non-hydrogen) atoms. The van der Waals surface area contributed by atoms with E-state index in [2.05, 4.69) is 31.0 Å². The van der Waals surface area contributed by atoms with Crippen LogP contribution in [0.1, 0.15) is 36.3 Å². The highest BCUT2D eigenvalue weighted by Crippen LogP contribution is 2.21. The van der Waals surface area contributed by atoms with Crippen LogP contribution >= 0.6 is 11.3 Å². The van der Waals surface area contributed by atoms with E-state index in [-0.39, 0.29) is 0 Å². The van der Waals surface area contributed by atoms with Crippen LogP contribution in [-0.4, -0.2) is 42.2 Å². The number of thiazole rings is 1. The molecule has 1 N–H and O–H groups in total. The van der Waals surface area contributed by atoms with E-state index >= 15 is 0 Å². The maximum atomic E-state index is 5.38. The van der Waals surface area contributed by atoms with Crippen LogP contribution < -0.4 is 5.32 Å². The van der Waals surface area contributed by atoms with Crippen LogP contribution in [0.2, 0.25) is 0 Å². The average Bonchev–Trinajstić information content (AvgIpc) is 2.79. The molecule has 0 bridgehead atoms. The molecule has 1 aliphatic heterocycles. The molecule has 1 aliphatic rings. The van der Waals surface area contributed by atoms with Gasteiger partial charge in [0, 0.05) is 30.6 Å². The second-order valence-electron chi connectivity index (χ2n) is 5.26. The van der Waals surface area contributed by atoms with Crippen LogP contribution in [0.3, 0.4) is 0 Å². The van der Waals surface area contributed by atoms with Crippen molar-refractivity contribution in [3.8, 4) is 0 Å². The summed E-state index contributed by atoms with van der Waals surface area (Å²) in [5.41, 5.74) is 1.27. The first-order valence-electron chi connectivity index (χ1n) is 7.20. The van der Waals surface area contributed by atoms with Gasteiger partial charge in [0.1, 0.15) is 5.01 Å². The third kappa shape index (κ3) is 4.53. The van der Waals surface area contributed by atoms with E-state index in [0.29, 0.717) is 6.04 Å². The fourth-order valence-corrected chi connectivity index (χ4v) is 3.32. The normalized spacial score (nSPS) is 17.3. The van der Waals surface area contributed by atoms with Crippen molar-refractivity contribution in [3.63, 3.8) is 0 Å². The Hall–Kier alpha value is -0.490. The van der Waals surface area contributed by atoms with Crippen molar-refractivity contribution >= 4 is 11.3 Å². The summed E-state index contributed by atoms with van der Waals surface area (Å²) in [5.74, 6) is 0. The van der Waals surface area contributed by atoms with Gasteiger partial charge in [-0.2, -0.15) is 0 Å². The van der Waals surface area contributed by atoms with E-state index < -0.39 is 0 Å². The Bertz CT molecular complexity index is 386. The molecule has 1 saturated heterocycles. The lowest BCUT2D eigenvalue weighted by atomic mass is 10.3. The molecule has 4 nitrogen and oxygen atoms in total. The lowest BCUT2D eigenvalue weighted by molar-refractivity contribution is 0.0341. The summed E-state index contributed by atoms with van der Waals surface area (Å²) in [7, 11) is 0. The lowest BCUT2D eigenvalue weighted by Gasteiger charge is -2.25. The lowest BCUT2D eigenvalue weighted by Crippen LogP contribution is -2.35. The van der Waals surface area contributed by atoms with Crippen LogP contribution in [0, 0.1) is 0 Å². The summed E-state index contributed by atoms with van der Waals surface area (Å²) in [4.78, 5) is 8.63. The van der Waals surface area contributed by atoms with Crippen molar-refractivity contribution in [2.45, 2.75) is 46.3 Å². The zero-order valence-electron chi connectivity index (χ0n) is 12.2. The first kappa shape index (κ1) is 14.9. The molecule has 0 atom stereocenters. The summed E-state index contributed by atoms with van der Waals surface area (Å²) in [6.45, 7) is 12.2. The van der Waals surface area contributed by atoms with Gasteiger partial charge in [0.05, 0.1) is 25.5 Å². The van der Waals surface area contributed by atoms with E-state index in [0.717, 1.165) is 45.8 Å². The minimum atomic E-state index is 0.523. The fraction of sp³-hybridized carbons (Fsp3) is 0.786. The quantitative estimate of drug-likeness (QED) is 0.867. The van der Waals surface area contributed by atoms with Crippen molar-refractivity contribution in [1.29, 1.82) is 0 Å². The Labute approximate surface area is 120 Å². The number of aryl methyl sites for hydroxylation is 1. The van der Waals surface area contributed by atoms with Gasteiger partial charge in [-0.15, -0.1) is 11.3 Å². The minimum Gasteiger partial charge on any atom is -0.379 e. The number of hydrogen-bond acceptors (Lipinski definition) is 5. The Balaban J connectivity index is 1.96. The molecule has 2 heterocycles. The summed E-state index contributed by atoms with van der Waals surface area (Å²) in [6.07, 6.45) is 1.02. The Morgan fingerprint density at radius 1 is 1.37 bits per heavy atom. The summed E-state index contributed by atoms with van der Waals surface area (Å²) < 4.78 is 5.38. The van der Waals surface area contributed by atoms with Crippen LogP contribution in [0.4, 0.5) is 0 Å². The van der Waals surface area contributed by atoms with E-state index in [1.54, 1.807) is 0 Å². The Morgan fingerprint density at radius 2 is 2.11 bits per heavy atom. The molecule has 108 valence electrons. The molecule has 0 unspecified atom stereocenters. The standard InChI is InChI=1S/C14H25N3OS/c1-4-12-13(9-15-11(2)3)19-14(16-12)10-17-5-7-18-8-6-17/h11,15H,4-10H2,1-3H3. The van der Waals surface area contributed by atoms with Crippen LogP contribution in [0.25, 0.3) is 0 Å². The van der Waals surface area contributed by atoms with Gasteiger partial charge in [-0.3, -0.25) is 4.90 Å². The zero-order chi connectivity index (χ0) is 13.7. The van der Waals surface area contributed by atoms with Gasteiger partial charge in [0.2, 0.25) is 0 Å². The second kappa shape index (κ2) is 7.33. The highest BCUT2D eigenvalue weighted by Gasteiger charge is 2.15. The summed E-state index contributed by atoms with van der Waals surface area (Å²) in [6, 6.07) is 0.523. The van der Waals surface area contributed by atoms with Crippen LogP contribution in [0.15, 0.2) is 0 Å². The molecule has 1 aromatic heterocycles. The summed E-state index contributed by atoms with van der Waals surface area (Å²) >= 11 is 1.86. The van der Waals surface area contributed by atoms with Crippen LogP contribution in [-0.2, 0) is 24.2 Å². The molecule has 1 fully saturated rings. The Kier molecular flexibility index (Phi) is 5.76. The van der Waals surface area contributed by atoms with E-state index in [1.165, 1.54) is 15.6 Å². The Morgan fingerprint density at radius 3 is 2.74 bits per heavy atom. The van der Waals surface area contributed by atoms with Crippen molar-refractivity contribution in [2.75, 3.05) is 26.3 Å². The maximum Gasteiger partial charge on any atom is 0.107 e.